The topological polar surface area (TPSA) is 12.4 Å². The molecule has 1 aromatic rings. The number of hydrogen-bond donors (Lipinski definition) is 0. The molecule has 1 atom stereocenters. The van der Waals surface area contributed by atoms with Gasteiger partial charge >= 0.3 is 0 Å². The Hall–Kier alpha value is -0.940. The average Bonchev–Trinajstić information content (AvgIpc) is 2.34. The van der Waals surface area contributed by atoms with Crippen molar-refractivity contribution in [2.24, 2.45) is 4.99 Å². The Morgan fingerprint density at radius 2 is 1.84 bits per heavy atom. The van der Waals surface area contributed by atoms with Gasteiger partial charge in [0, 0.05) is 17.9 Å². The van der Waals surface area contributed by atoms with E-state index in [1.165, 1.54) is 16.7 Å². The van der Waals surface area contributed by atoms with Crippen molar-refractivity contribution in [1.82, 2.24) is 0 Å². The molecule has 1 rings (SSSR count). The van der Waals surface area contributed by atoms with E-state index in [0.29, 0.717) is 0 Å². The van der Waals surface area contributed by atoms with Gasteiger partial charge in [0.25, 0.3) is 0 Å². The lowest BCUT2D eigenvalue weighted by Crippen LogP contribution is -2.22. The second kappa shape index (κ2) is 7.01. The van der Waals surface area contributed by atoms with Crippen molar-refractivity contribution in [2.75, 3.05) is 7.05 Å². The van der Waals surface area contributed by atoms with Gasteiger partial charge in [-0.1, -0.05) is 49.2 Å². The predicted molar refractivity (Wildman–Crippen MR) is 90.4 cm³/mol. The summed E-state index contributed by atoms with van der Waals surface area (Å²) in [7, 11) is 4.72. The van der Waals surface area contributed by atoms with Crippen molar-refractivity contribution in [1.29, 1.82) is 0 Å². The lowest BCUT2D eigenvalue weighted by atomic mass is 10.00. The van der Waals surface area contributed by atoms with Gasteiger partial charge in [0.2, 0.25) is 0 Å². The largest absolute Gasteiger partial charge is 0.292 e. The van der Waals surface area contributed by atoms with Gasteiger partial charge < -0.3 is 0 Å². The van der Waals surface area contributed by atoms with E-state index in [0.717, 1.165) is 18.6 Å². The summed E-state index contributed by atoms with van der Waals surface area (Å²) in [6.07, 6.45) is 4.40. The summed E-state index contributed by atoms with van der Waals surface area (Å²) in [6.45, 7) is 8.66. The van der Waals surface area contributed by atoms with Gasteiger partial charge in [0.05, 0.1) is 0 Å². The first-order valence-corrected chi connectivity index (χ1v) is 7.39. The van der Waals surface area contributed by atoms with Gasteiger partial charge in [-0.05, 0) is 38.3 Å². The zero-order chi connectivity index (χ0) is 14.5. The summed E-state index contributed by atoms with van der Waals surface area (Å²) in [5, 5.41) is 0.0415. The Bertz CT molecular complexity index is 461. The van der Waals surface area contributed by atoms with E-state index < -0.39 is 0 Å². The van der Waals surface area contributed by atoms with Crippen LogP contribution in [0.4, 0.5) is 0 Å². The number of allylic oxidation sites excluding steroid dienone is 2. The van der Waals surface area contributed by atoms with E-state index in [4.69, 9.17) is 0 Å². The molecule has 0 saturated carbocycles. The monoisotopic (exact) mass is 275 g/mol. The highest BCUT2D eigenvalue weighted by molar-refractivity contribution is 7.21. The molecule has 0 saturated heterocycles. The Labute approximate surface area is 120 Å². The van der Waals surface area contributed by atoms with Gasteiger partial charge in [-0.15, -0.1) is 9.24 Å². The van der Waals surface area contributed by atoms with Crippen LogP contribution in [0.5, 0.6) is 0 Å². The molecule has 0 fully saturated rings. The highest BCUT2D eigenvalue weighted by Crippen LogP contribution is 2.21. The van der Waals surface area contributed by atoms with Crippen LogP contribution in [-0.2, 0) is 6.42 Å². The molecule has 0 aromatic heterocycles. The third kappa shape index (κ3) is 5.70. The van der Waals surface area contributed by atoms with Crippen LogP contribution in [0.3, 0.4) is 0 Å². The zero-order valence-corrected chi connectivity index (χ0v) is 14.0. The quantitative estimate of drug-likeness (QED) is 0.550. The van der Waals surface area contributed by atoms with Crippen LogP contribution in [0.25, 0.3) is 0 Å². The minimum atomic E-state index is 0.0415. The molecule has 1 aromatic carbocycles. The summed E-state index contributed by atoms with van der Waals surface area (Å²) in [5.74, 6) is 0. The van der Waals surface area contributed by atoms with Crippen molar-refractivity contribution < 1.29 is 0 Å². The van der Waals surface area contributed by atoms with E-state index in [1.54, 1.807) is 0 Å². The van der Waals surface area contributed by atoms with E-state index >= 15 is 0 Å². The molecule has 0 spiro atoms. The van der Waals surface area contributed by atoms with Gasteiger partial charge in [-0.3, -0.25) is 4.99 Å². The molecular formula is C17H26NP. The van der Waals surface area contributed by atoms with Crippen molar-refractivity contribution in [3.05, 3.63) is 47.0 Å². The van der Waals surface area contributed by atoms with Crippen LogP contribution in [0, 0.1) is 6.92 Å². The van der Waals surface area contributed by atoms with E-state index in [1.807, 2.05) is 7.05 Å². The molecule has 0 amide bonds. The Morgan fingerprint density at radius 1 is 1.26 bits per heavy atom. The normalized spacial score (nSPS) is 13.8. The fourth-order valence-corrected chi connectivity index (χ4v) is 2.15. The van der Waals surface area contributed by atoms with Gasteiger partial charge in [0.15, 0.2) is 0 Å². The summed E-state index contributed by atoms with van der Waals surface area (Å²) >= 11 is 0. The number of aryl methyl sites for hydroxylation is 2. The molecule has 0 N–H and O–H groups in total. The Morgan fingerprint density at radius 3 is 2.32 bits per heavy atom. The van der Waals surface area contributed by atoms with E-state index in [9.17, 15) is 0 Å². The lowest BCUT2D eigenvalue weighted by Gasteiger charge is -2.19. The number of hydrogen-bond acceptors (Lipinski definition) is 1. The molecule has 0 bridgehead atoms. The third-order valence-electron chi connectivity index (χ3n) is 3.21. The van der Waals surface area contributed by atoms with E-state index in [2.05, 4.69) is 72.3 Å². The van der Waals surface area contributed by atoms with Gasteiger partial charge in [0.1, 0.15) is 0 Å². The molecule has 104 valence electrons. The molecule has 0 heterocycles. The molecule has 2 heteroatoms. The van der Waals surface area contributed by atoms with Crippen LogP contribution in [0.15, 0.2) is 40.9 Å². The van der Waals surface area contributed by atoms with Crippen LogP contribution in [0.1, 0.15) is 38.3 Å². The first-order chi connectivity index (χ1) is 8.82. The average molecular weight is 275 g/mol. The van der Waals surface area contributed by atoms with Crippen molar-refractivity contribution in [2.45, 2.75) is 45.7 Å². The number of nitrogens with zero attached hydrogens (tertiary/aromatic N) is 1. The van der Waals surface area contributed by atoms with Gasteiger partial charge in [-0.25, -0.2) is 0 Å². The summed E-state index contributed by atoms with van der Waals surface area (Å²) in [6, 6.07) is 8.80. The van der Waals surface area contributed by atoms with Crippen LogP contribution in [-0.4, -0.2) is 17.9 Å². The SMILES string of the molecule is CN=C(/C=C(\C)CCc1ccc(C)cc1)C(C)(C)P. The van der Waals surface area contributed by atoms with Crippen LogP contribution < -0.4 is 0 Å². The van der Waals surface area contributed by atoms with Crippen LogP contribution in [0.2, 0.25) is 0 Å². The molecule has 0 aliphatic heterocycles. The molecule has 19 heavy (non-hydrogen) atoms. The standard InChI is InChI=1S/C17H26NP/c1-13-6-9-15(10-7-13)11-8-14(2)12-16(18-5)17(3,4)19/h6-7,9-10,12H,8,11,19H2,1-5H3/b14-12+,18-16?. The van der Waals surface area contributed by atoms with Crippen molar-refractivity contribution in [3.63, 3.8) is 0 Å². The highest BCUT2D eigenvalue weighted by atomic mass is 31.0. The molecule has 1 nitrogen and oxygen atoms in total. The molecule has 0 radical (unpaired) electrons. The molecule has 0 aliphatic carbocycles. The molecule has 0 aliphatic rings. The van der Waals surface area contributed by atoms with Crippen LogP contribution >= 0.6 is 9.24 Å². The molecular weight excluding hydrogens is 249 g/mol. The van der Waals surface area contributed by atoms with E-state index in [-0.39, 0.29) is 5.16 Å². The minimum Gasteiger partial charge on any atom is -0.292 e. The van der Waals surface area contributed by atoms with Crippen molar-refractivity contribution >= 4 is 15.0 Å². The smallest absolute Gasteiger partial charge is 0.0438 e. The van der Waals surface area contributed by atoms with Crippen molar-refractivity contribution in [3.8, 4) is 0 Å². The zero-order valence-electron chi connectivity index (χ0n) is 12.8. The summed E-state index contributed by atoms with van der Waals surface area (Å²) in [5.41, 5.74) is 5.25. The Kier molecular flexibility index (Phi) is 5.94. The summed E-state index contributed by atoms with van der Waals surface area (Å²) < 4.78 is 0. The fourth-order valence-electron chi connectivity index (χ4n) is 1.94. The van der Waals surface area contributed by atoms with Gasteiger partial charge in [-0.2, -0.15) is 0 Å². The first kappa shape index (κ1) is 16.1. The highest BCUT2D eigenvalue weighted by Gasteiger charge is 2.16. The third-order valence-corrected chi connectivity index (χ3v) is 3.51. The predicted octanol–water partition coefficient (Wildman–Crippen LogP) is 4.60. The lowest BCUT2D eigenvalue weighted by molar-refractivity contribution is 0.926. The molecule has 1 unspecified atom stereocenters. The fraction of sp³-hybridized carbons (Fsp3) is 0.471. The first-order valence-electron chi connectivity index (χ1n) is 6.82. The Balaban J connectivity index is 2.64. The maximum atomic E-state index is 4.39. The number of aliphatic imine (C=N–C) groups is 1. The minimum absolute atomic E-state index is 0.0415. The maximum absolute atomic E-state index is 4.39. The maximum Gasteiger partial charge on any atom is 0.0438 e. The summed E-state index contributed by atoms with van der Waals surface area (Å²) in [4.78, 5) is 4.39. The number of rotatable bonds is 5. The second-order valence-electron chi connectivity index (χ2n) is 5.81. The second-order valence-corrected chi connectivity index (χ2v) is 7.25. The number of benzene rings is 1.